The Bertz CT molecular complexity index is 1110. The summed E-state index contributed by atoms with van der Waals surface area (Å²) < 4.78 is 10.7. The molecule has 35 heavy (non-hydrogen) atoms. The van der Waals surface area contributed by atoms with Crippen molar-refractivity contribution < 1.29 is 29.3 Å². The van der Waals surface area contributed by atoms with Crippen LogP contribution in [0.2, 0.25) is 0 Å². The van der Waals surface area contributed by atoms with E-state index in [1.807, 2.05) is 13.8 Å². The number of rotatable bonds is 11. The van der Waals surface area contributed by atoms with Gasteiger partial charge in [0.2, 0.25) is 0 Å². The molecule has 2 aromatic rings. The molecule has 0 radical (unpaired) electrons. The van der Waals surface area contributed by atoms with E-state index in [9.17, 15) is 19.8 Å². The number of aromatic hydroxyl groups is 1. The van der Waals surface area contributed by atoms with Crippen LogP contribution in [-0.4, -0.2) is 71.6 Å². The molecule has 3 rings (SSSR count). The van der Waals surface area contributed by atoms with E-state index in [1.54, 1.807) is 42.5 Å². The summed E-state index contributed by atoms with van der Waals surface area (Å²) in [4.78, 5) is 29.9. The van der Waals surface area contributed by atoms with Crippen molar-refractivity contribution in [1.29, 1.82) is 0 Å². The molecule has 1 aliphatic rings. The van der Waals surface area contributed by atoms with Gasteiger partial charge in [-0.05, 0) is 55.1 Å². The number of benzene rings is 2. The molecule has 0 aromatic heterocycles. The molecule has 1 aliphatic heterocycles. The second-order valence-corrected chi connectivity index (χ2v) is 8.07. The maximum atomic E-state index is 13.2. The van der Waals surface area contributed by atoms with Crippen molar-refractivity contribution >= 4 is 17.4 Å². The van der Waals surface area contributed by atoms with Crippen LogP contribution in [0.15, 0.2) is 60.7 Å². The quantitative estimate of drug-likeness (QED) is 0.219. The van der Waals surface area contributed by atoms with E-state index in [-0.39, 0.29) is 22.8 Å². The molecular formula is C27H32N2O6. The fourth-order valence-electron chi connectivity index (χ4n) is 4.13. The lowest BCUT2D eigenvalue weighted by molar-refractivity contribution is -0.140. The van der Waals surface area contributed by atoms with Crippen molar-refractivity contribution in [2.45, 2.75) is 19.9 Å². The second kappa shape index (κ2) is 11.6. The zero-order valence-electron chi connectivity index (χ0n) is 20.4. The van der Waals surface area contributed by atoms with Crippen LogP contribution in [0.3, 0.4) is 0 Å². The molecule has 0 bridgehead atoms. The van der Waals surface area contributed by atoms with Crippen molar-refractivity contribution in [2.24, 2.45) is 0 Å². The molecule has 2 N–H and O–H groups in total. The normalized spacial score (nSPS) is 17.1. The largest absolute Gasteiger partial charge is 0.507 e. The van der Waals surface area contributed by atoms with Crippen molar-refractivity contribution in [2.75, 3.05) is 39.9 Å². The van der Waals surface area contributed by atoms with E-state index in [2.05, 4.69) is 11.5 Å². The highest BCUT2D eigenvalue weighted by Gasteiger charge is 2.46. The van der Waals surface area contributed by atoms with Gasteiger partial charge in [0.15, 0.2) is 11.5 Å². The Morgan fingerprint density at radius 2 is 1.83 bits per heavy atom. The monoisotopic (exact) mass is 480 g/mol. The number of ketones is 1. The average Bonchev–Trinajstić information content (AvgIpc) is 3.13. The predicted octanol–water partition coefficient (Wildman–Crippen LogP) is 3.73. The third-order valence-electron chi connectivity index (χ3n) is 6.11. The molecule has 1 atom stereocenters. The van der Waals surface area contributed by atoms with Gasteiger partial charge in [-0.2, -0.15) is 0 Å². The average molecular weight is 481 g/mol. The number of nitrogens with zero attached hydrogens (tertiary/aromatic N) is 2. The molecule has 1 amide bonds. The van der Waals surface area contributed by atoms with Crippen LogP contribution in [0.4, 0.5) is 0 Å². The lowest BCUT2D eigenvalue weighted by atomic mass is 9.95. The molecule has 8 nitrogen and oxygen atoms in total. The number of hydrogen-bond donors (Lipinski definition) is 2. The minimum atomic E-state index is -0.836. The van der Waals surface area contributed by atoms with Gasteiger partial charge in [-0.15, -0.1) is 0 Å². The topological polar surface area (TPSA) is 99.5 Å². The van der Waals surface area contributed by atoms with E-state index in [0.29, 0.717) is 36.6 Å². The van der Waals surface area contributed by atoms with Gasteiger partial charge in [-0.1, -0.05) is 32.6 Å². The number of aliphatic hydroxyl groups excluding tert-OH is 1. The Morgan fingerprint density at radius 3 is 2.43 bits per heavy atom. The van der Waals surface area contributed by atoms with Gasteiger partial charge in [-0.3, -0.25) is 9.59 Å². The lowest BCUT2D eigenvalue weighted by Gasteiger charge is -2.28. The molecule has 0 spiro atoms. The summed E-state index contributed by atoms with van der Waals surface area (Å²) in [6.45, 7) is 10.5. The number of hydrogen-bond acceptors (Lipinski definition) is 7. The number of methoxy groups -OCH3 is 1. The fourth-order valence-corrected chi connectivity index (χ4v) is 4.13. The number of likely N-dealkylation sites (N-methyl/N-ethyl adjacent to an activating group) is 1. The van der Waals surface area contributed by atoms with Crippen LogP contribution in [0.5, 0.6) is 17.2 Å². The van der Waals surface area contributed by atoms with Gasteiger partial charge in [0, 0.05) is 18.7 Å². The standard InChI is InChI=1S/C27H32N2O6/c1-5-16-35-20-11-8-18(9-12-20)25(31)23-24(19-10-13-21(30)22(17-19)34-4)29(27(33)26(23)32)15-14-28(6-2)7-3/h5,8-13,17,24,30-31H,1,6-7,14-16H2,2-4H3/b25-23-. The molecule has 1 heterocycles. The zero-order valence-corrected chi connectivity index (χ0v) is 20.4. The number of ether oxygens (including phenoxy) is 2. The van der Waals surface area contributed by atoms with E-state index in [1.165, 1.54) is 18.1 Å². The van der Waals surface area contributed by atoms with E-state index < -0.39 is 17.7 Å². The molecule has 1 unspecified atom stereocenters. The zero-order chi connectivity index (χ0) is 25.5. The van der Waals surface area contributed by atoms with Gasteiger partial charge >= 0.3 is 0 Å². The minimum absolute atomic E-state index is 0.0120. The van der Waals surface area contributed by atoms with Crippen LogP contribution >= 0.6 is 0 Å². The third-order valence-corrected chi connectivity index (χ3v) is 6.11. The number of Topliss-reactive ketones (excluding diaryl/α,β-unsaturated/α-hetero) is 1. The molecule has 1 fully saturated rings. The van der Waals surface area contributed by atoms with Gasteiger partial charge < -0.3 is 29.5 Å². The van der Waals surface area contributed by atoms with Crippen LogP contribution in [0.1, 0.15) is 31.0 Å². The Hall–Kier alpha value is -3.78. The summed E-state index contributed by atoms with van der Waals surface area (Å²) in [5.41, 5.74) is 0.918. The van der Waals surface area contributed by atoms with Gasteiger partial charge in [0.05, 0.1) is 18.7 Å². The highest BCUT2D eigenvalue weighted by Crippen LogP contribution is 2.41. The SMILES string of the molecule is C=CCOc1ccc(/C(O)=C2/C(=O)C(=O)N(CCN(CC)CC)C2c2ccc(O)c(OC)c2)cc1. The highest BCUT2D eigenvalue weighted by molar-refractivity contribution is 6.46. The van der Waals surface area contributed by atoms with Crippen molar-refractivity contribution in [3.63, 3.8) is 0 Å². The first-order chi connectivity index (χ1) is 16.9. The Kier molecular flexibility index (Phi) is 8.54. The van der Waals surface area contributed by atoms with E-state index in [0.717, 1.165) is 13.1 Å². The van der Waals surface area contributed by atoms with E-state index >= 15 is 0 Å². The van der Waals surface area contributed by atoms with Crippen molar-refractivity contribution in [3.05, 3.63) is 71.8 Å². The number of aliphatic hydroxyl groups is 1. The van der Waals surface area contributed by atoms with Crippen LogP contribution < -0.4 is 9.47 Å². The summed E-state index contributed by atoms with van der Waals surface area (Å²) >= 11 is 0. The molecule has 0 aliphatic carbocycles. The fraction of sp³-hybridized carbons (Fsp3) is 0.333. The summed E-state index contributed by atoms with van der Waals surface area (Å²) in [5, 5.41) is 21.3. The Labute approximate surface area is 205 Å². The summed E-state index contributed by atoms with van der Waals surface area (Å²) in [7, 11) is 1.42. The molecule has 186 valence electrons. The van der Waals surface area contributed by atoms with Crippen LogP contribution in [-0.2, 0) is 9.59 Å². The van der Waals surface area contributed by atoms with Crippen molar-refractivity contribution in [1.82, 2.24) is 9.80 Å². The van der Waals surface area contributed by atoms with E-state index in [4.69, 9.17) is 9.47 Å². The summed E-state index contributed by atoms with van der Waals surface area (Å²) in [6.07, 6.45) is 1.62. The van der Waals surface area contributed by atoms with Gasteiger partial charge in [0.1, 0.15) is 18.1 Å². The molecular weight excluding hydrogens is 448 g/mol. The third kappa shape index (κ3) is 5.49. The number of phenols is 1. The number of phenolic OH excluding ortho intramolecular Hbond substituents is 1. The molecule has 2 aromatic carbocycles. The number of carbonyl (C=O) groups is 2. The lowest BCUT2D eigenvalue weighted by Crippen LogP contribution is -2.38. The first-order valence-electron chi connectivity index (χ1n) is 11.6. The maximum absolute atomic E-state index is 13.2. The number of likely N-dealkylation sites (tertiary alicyclic amines) is 1. The smallest absolute Gasteiger partial charge is 0.295 e. The molecule has 1 saturated heterocycles. The van der Waals surface area contributed by atoms with Crippen LogP contribution in [0.25, 0.3) is 5.76 Å². The number of amides is 1. The second-order valence-electron chi connectivity index (χ2n) is 8.07. The van der Waals surface area contributed by atoms with Gasteiger partial charge in [-0.25, -0.2) is 0 Å². The van der Waals surface area contributed by atoms with Crippen LogP contribution in [0, 0.1) is 0 Å². The molecule has 0 saturated carbocycles. The van der Waals surface area contributed by atoms with Gasteiger partial charge in [0.25, 0.3) is 11.7 Å². The summed E-state index contributed by atoms with van der Waals surface area (Å²) in [6, 6.07) is 10.4. The Morgan fingerprint density at radius 1 is 1.14 bits per heavy atom. The number of carbonyl (C=O) groups excluding carboxylic acids is 2. The first kappa shape index (κ1) is 25.8. The maximum Gasteiger partial charge on any atom is 0.295 e. The van der Waals surface area contributed by atoms with Crippen molar-refractivity contribution in [3.8, 4) is 17.2 Å². The Balaban J connectivity index is 2.08. The minimum Gasteiger partial charge on any atom is -0.507 e. The first-order valence-corrected chi connectivity index (χ1v) is 11.6. The molecule has 8 heteroatoms. The highest BCUT2D eigenvalue weighted by atomic mass is 16.5. The predicted molar refractivity (Wildman–Crippen MR) is 134 cm³/mol. The summed E-state index contributed by atoms with van der Waals surface area (Å²) in [5.74, 6) is -0.985.